The minimum Gasteiger partial charge on any atom is -0.497 e. The standard InChI is InChI=1S/C14H22BrNO2/c1-3-9-16(10-8-15)11-12-18-14-6-4-13(17-2)5-7-14/h4-7H,3,8-12H2,1-2H3. The molecule has 0 aliphatic heterocycles. The molecule has 3 nitrogen and oxygen atoms in total. The first-order chi connectivity index (χ1) is 8.80. The van der Waals surface area contributed by atoms with E-state index in [9.17, 15) is 0 Å². The molecule has 4 heteroatoms. The molecule has 0 unspecified atom stereocenters. The molecule has 0 heterocycles. The molecule has 0 spiro atoms. The highest BCUT2D eigenvalue weighted by Gasteiger charge is 2.03. The number of nitrogens with zero attached hydrogens (tertiary/aromatic N) is 1. The molecule has 18 heavy (non-hydrogen) atoms. The minimum absolute atomic E-state index is 0.722. The molecular weight excluding hydrogens is 294 g/mol. The molecule has 0 radical (unpaired) electrons. The summed E-state index contributed by atoms with van der Waals surface area (Å²) in [6.45, 7) is 6.08. The number of halogens is 1. The zero-order chi connectivity index (χ0) is 13.2. The number of hydrogen-bond acceptors (Lipinski definition) is 3. The van der Waals surface area contributed by atoms with Gasteiger partial charge in [0.15, 0.2) is 0 Å². The molecule has 0 fully saturated rings. The SMILES string of the molecule is CCCN(CCBr)CCOc1ccc(OC)cc1. The van der Waals surface area contributed by atoms with Crippen molar-refractivity contribution in [2.24, 2.45) is 0 Å². The van der Waals surface area contributed by atoms with Gasteiger partial charge in [0.25, 0.3) is 0 Å². The van der Waals surface area contributed by atoms with Gasteiger partial charge in [0.1, 0.15) is 18.1 Å². The van der Waals surface area contributed by atoms with Gasteiger partial charge in [0, 0.05) is 18.4 Å². The van der Waals surface area contributed by atoms with Gasteiger partial charge < -0.3 is 9.47 Å². The molecule has 102 valence electrons. The largest absolute Gasteiger partial charge is 0.497 e. The maximum absolute atomic E-state index is 5.72. The summed E-state index contributed by atoms with van der Waals surface area (Å²) in [6.07, 6.45) is 1.18. The predicted molar refractivity (Wildman–Crippen MR) is 79.0 cm³/mol. The number of hydrogen-bond donors (Lipinski definition) is 0. The van der Waals surface area contributed by atoms with Crippen molar-refractivity contribution in [3.8, 4) is 11.5 Å². The van der Waals surface area contributed by atoms with Crippen LogP contribution < -0.4 is 9.47 Å². The number of methoxy groups -OCH3 is 1. The van der Waals surface area contributed by atoms with Crippen LogP contribution in [0.5, 0.6) is 11.5 Å². The first-order valence-electron chi connectivity index (χ1n) is 6.35. The molecule has 1 aromatic rings. The highest BCUT2D eigenvalue weighted by atomic mass is 79.9. The van der Waals surface area contributed by atoms with E-state index in [4.69, 9.17) is 9.47 Å². The van der Waals surface area contributed by atoms with E-state index >= 15 is 0 Å². The molecule has 0 amide bonds. The van der Waals surface area contributed by atoms with Crippen LogP contribution in [0, 0.1) is 0 Å². The molecule has 0 atom stereocenters. The lowest BCUT2D eigenvalue weighted by atomic mass is 10.3. The van der Waals surface area contributed by atoms with Crippen molar-refractivity contribution in [3.05, 3.63) is 24.3 Å². The van der Waals surface area contributed by atoms with Crippen LogP contribution in [0.2, 0.25) is 0 Å². The number of alkyl halides is 1. The van der Waals surface area contributed by atoms with E-state index in [0.29, 0.717) is 0 Å². The predicted octanol–water partition coefficient (Wildman–Crippen LogP) is 3.18. The first-order valence-corrected chi connectivity index (χ1v) is 7.47. The molecule has 0 saturated heterocycles. The lowest BCUT2D eigenvalue weighted by molar-refractivity contribution is 0.217. The lowest BCUT2D eigenvalue weighted by Crippen LogP contribution is -2.30. The maximum atomic E-state index is 5.72. The Morgan fingerprint density at radius 3 is 2.28 bits per heavy atom. The topological polar surface area (TPSA) is 21.7 Å². The van der Waals surface area contributed by atoms with Crippen molar-refractivity contribution >= 4 is 15.9 Å². The summed E-state index contributed by atoms with van der Waals surface area (Å²) in [5.74, 6) is 1.75. The van der Waals surface area contributed by atoms with E-state index < -0.39 is 0 Å². The average Bonchev–Trinajstić information content (AvgIpc) is 2.40. The van der Waals surface area contributed by atoms with Gasteiger partial charge in [-0.25, -0.2) is 0 Å². The Kier molecular flexibility index (Phi) is 7.85. The minimum atomic E-state index is 0.722. The van der Waals surface area contributed by atoms with Crippen LogP contribution in [0.3, 0.4) is 0 Å². The summed E-state index contributed by atoms with van der Waals surface area (Å²) in [5.41, 5.74) is 0. The molecule has 1 rings (SSSR count). The van der Waals surface area contributed by atoms with Crippen LogP contribution in [-0.2, 0) is 0 Å². The Labute approximate surface area is 118 Å². The Morgan fingerprint density at radius 1 is 1.06 bits per heavy atom. The molecule has 0 aliphatic carbocycles. The van der Waals surface area contributed by atoms with Crippen LogP contribution in [0.25, 0.3) is 0 Å². The third-order valence-electron chi connectivity index (χ3n) is 2.68. The third-order valence-corrected chi connectivity index (χ3v) is 3.03. The second-order valence-corrected chi connectivity index (χ2v) is 4.85. The molecule has 0 N–H and O–H groups in total. The highest BCUT2D eigenvalue weighted by molar-refractivity contribution is 9.09. The quantitative estimate of drug-likeness (QED) is 0.653. The Hall–Kier alpha value is -0.740. The molecule has 0 aromatic heterocycles. The van der Waals surface area contributed by atoms with Crippen molar-refractivity contribution in [2.75, 3.05) is 38.7 Å². The van der Waals surface area contributed by atoms with Crippen molar-refractivity contribution in [1.29, 1.82) is 0 Å². The van der Waals surface area contributed by atoms with Gasteiger partial charge in [0.2, 0.25) is 0 Å². The number of ether oxygens (including phenoxy) is 2. The van der Waals surface area contributed by atoms with Crippen LogP contribution in [-0.4, -0.2) is 43.6 Å². The second-order valence-electron chi connectivity index (χ2n) is 4.05. The molecule has 1 aromatic carbocycles. The van der Waals surface area contributed by atoms with Crippen molar-refractivity contribution < 1.29 is 9.47 Å². The first kappa shape index (κ1) is 15.3. The van der Waals surface area contributed by atoms with Gasteiger partial charge in [-0.15, -0.1) is 0 Å². The summed E-state index contributed by atoms with van der Waals surface area (Å²) >= 11 is 3.48. The summed E-state index contributed by atoms with van der Waals surface area (Å²) < 4.78 is 10.8. The van der Waals surface area contributed by atoms with Crippen molar-refractivity contribution in [2.45, 2.75) is 13.3 Å². The van der Waals surface area contributed by atoms with Crippen molar-refractivity contribution in [1.82, 2.24) is 4.90 Å². The summed E-state index contributed by atoms with van der Waals surface area (Å²) in [6, 6.07) is 7.70. The van der Waals surface area contributed by atoms with E-state index in [1.54, 1.807) is 7.11 Å². The van der Waals surface area contributed by atoms with Gasteiger partial charge >= 0.3 is 0 Å². The normalized spacial score (nSPS) is 10.7. The highest BCUT2D eigenvalue weighted by Crippen LogP contribution is 2.16. The number of rotatable bonds is 9. The maximum Gasteiger partial charge on any atom is 0.119 e. The van der Waals surface area contributed by atoms with Crippen LogP contribution in [0.4, 0.5) is 0 Å². The van der Waals surface area contributed by atoms with E-state index in [1.165, 1.54) is 6.42 Å². The fourth-order valence-electron chi connectivity index (χ4n) is 1.74. The van der Waals surface area contributed by atoms with Gasteiger partial charge in [-0.3, -0.25) is 4.90 Å². The molecule has 0 saturated carbocycles. The Morgan fingerprint density at radius 2 is 1.72 bits per heavy atom. The van der Waals surface area contributed by atoms with E-state index in [-0.39, 0.29) is 0 Å². The number of benzene rings is 1. The molecule has 0 aliphatic rings. The van der Waals surface area contributed by atoms with E-state index in [0.717, 1.165) is 43.1 Å². The summed E-state index contributed by atoms with van der Waals surface area (Å²) in [4.78, 5) is 2.40. The fourth-order valence-corrected chi connectivity index (χ4v) is 2.24. The van der Waals surface area contributed by atoms with Gasteiger partial charge in [-0.1, -0.05) is 22.9 Å². The van der Waals surface area contributed by atoms with Gasteiger partial charge in [-0.05, 0) is 37.2 Å². The molecular formula is C14H22BrNO2. The van der Waals surface area contributed by atoms with Crippen molar-refractivity contribution in [3.63, 3.8) is 0 Å². The van der Waals surface area contributed by atoms with Crippen LogP contribution in [0.1, 0.15) is 13.3 Å². The van der Waals surface area contributed by atoms with Gasteiger partial charge in [-0.2, -0.15) is 0 Å². The fraction of sp³-hybridized carbons (Fsp3) is 0.571. The van der Waals surface area contributed by atoms with Gasteiger partial charge in [0.05, 0.1) is 7.11 Å². The third kappa shape index (κ3) is 5.74. The van der Waals surface area contributed by atoms with E-state index in [2.05, 4.69) is 27.8 Å². The van der Waals surface area contributed by atoms with E-state index in [1.807, 2.05) is 24.3 Å². The Bertz CT molecular complexity index is 310. The second kappa shape index (κ2) is 9.22. The average molecular weight is 316 g/mol. The summed E-state index contributed by atoms with van der Waals surface area (Å²) in [7, 11) is 1.67. The zero-order valence-corrected chi connectivity index (χ0v) is 12.8. The monoisotopic (exact) mass is 315 g/mol. The molecule has 0 bridgehead atoms. The Balaban J connectivity index is 2.30. The smallest absolute Gasteiger partial charge is 0.119 e. The van der Waals surface area contributed by atoms with Crippen LogP contribution in [0.15, 0.2) is 24.3 Å². The lowest BCUT2D eigenvalue weighted by Gasteiger charge is -2.20. The zero-order valence-electron chi connectivity index (χ0n) is 11.2. The van der Waals surface area contributed by atoms with Crippen LogP contribution >= 0.6 is 15.9 Å². The summed E-state index contributed by atoms with van der Waals surface area (Å²) in [5, 5.41) is 1.01.